The standard InChI is InChI=1S/C14H18N4/c1-11-9-13(10-15)14(18-17-11)16-8-7-12-5-3-2-4-6-12/h5,9H,2-4,6-8H2,1H3,(H,16,18). The molecule has 18 heavy (non-hydrogen) atoms. The number of nitrogens with one attached hydrogen (secondary N) is 1. The zero-order valence-electron chi connectivity index (χ0n) is 10.7. The lowest BCUT2D eigenvalue weighted by molar-refractivity contribution is 0.679. The van der Waals surface area contributed by atoms with Gasteiger partial charge in [0, 0.05) is 6.54 Å². The van der Waals surface area contributed by atoms with Crippen molar-refractivity contribution in [3.05, 3.63) is 29.0 Å². The molecule has 0 amide bonds. The van der Waals surface area contributed by atoms with Gasteiger partial charge in [0.2, 0.25) is 0 Å². The molecule has 2 rings (SSSR count). The highest BCUT2D eigenvalue weighted by Crippen LogP contribution is 2.20. The Kier molecular flexibility index (Phi) is 4.30. The van der Waals surface area contributed by atoms with Crippen LogP contribution in [0.5, 0.6) is 0 Å². The summed E-state index contributed by atoms with van der Waals surface area (Å²) in [7, 11) is 0. The van der Waals surface area contributed by atoms with Crippen molar-refractivity contribution in [3.63, 3.8) is 0 Å². The molecule has 1 heterocycles. The number of hydrogen-bond donors (Lipinski definition) is 1. The molecule has 1 aliphatic rings. The summed E-state index contributed by atoms with van der Waals surface area (Å²) in [5.41, 5.74) is 2.86. The molecular formula is C14H18N4. The van der Waals surface area contributed by atoms with Crippen LogP contribution in [0.1, 0.15) is 43.4 Å². The Morgan fingerprint density at radius 1 is 1.39 bits per heavy atom. The largest absolute Gasteiger partial charge is 0.367 e. The van der Waals surface area contributed by atoms with Gasteiger partial charge >= 0.3 is 0 Å². The molecule has 0 aliphatic heterocycles. The van der Waals surface area contributed by atoms with Crippen LogP contribution in [0.25, 0.3) is 0 Å². The molecule has 4 heteroatoms. The maximum atomic E-state index is 9.02. The van der Waals surface area contributed by atoms with E-state index in [1.165, 1.54) is 31.3 Å². The monoisotopic (exact) mass is 242 g/mol. The highest BCUT2D eigenvalue weighted by molar-refractivity contribution is 5.51. The van der Waals surface area contributed by atoms with Crippen molar-refractivity contribution in [1.82, 2.24) is 10.2 Å². The first-order valence-corrected chi connectivity index (χ1v) is 6.46. The summed E-state index contributed by atoms with van der Waals surface area (Å²) in [6.07, 6.45) is 8.42. The van der Waals surface area contributed by atoms with Crippen molar-refractivity contribution in [2.24, 2.45) is 0 Å². The van der Waals surface area contributed by atoms with Crippen molar-refractivity contribution in [1.29, 1.82) is 5.26 Å². The molecule has 1 aromatic rings. The van der Waals surface area contributed by atoms with Crippen molar-refractivity contribution in [2.75, 3.05) is 11.9 Å². The predicted molar refractivity (Wildman–Crippen MR) is 71.1 cm³/mol. The molecule has 4 nitrogen and oxygen atoms in total. The van der Waals surface area contributed by atoms with Gasteiger partial charge in [0.25, 0.3) is 0 Å². The first kappa shape index (κ1) is 12.6. The Labute approximate surface area is 108 Å². The van der Waals surface area contributed by atoms with E-state index < -0.39 is 0 Å². The fourth-order valence-corrected chi connectivity index (χ4v) is 2.18. The second kappa shape index (κ2) is 6.15. The van der Waals surface area contributed by atoms with Crippen LogP contribution >= 0.6 is 0 Å². The Morgan fingerprint density at radius 3 is 3.00 bits per heavy atom. The molecule has 0 saturated carbocycles. The fourth-order valence-electron chi connectivity index (χ4n) is 2.18. The van der Waals surface area contributed by atoms with E-state index in [-0.39, 0.29) is 0 Å². The first-order chi connectivity index (χ1) is 8.79. The zero-order valence-corrected chi connectivity index (χ0v) is 10.7. The number of nitrogens with zero attached hydrogens (tertiary/aromatic N) is 3. The minimum absolute atomic E-state index is 0.570. The van der Waals surface area contributed by atoms with Crippen LogP contribution in [0.4, 0.5) is 5.82 Å². The van der Waals surface area contributed by atoms with Gasteiger partial charge in [-0.3, -0.25) is 0 Å². The van der Waals surface area contributed by atoms with E-state index in [2.05, 4.69) is 27.7 Å². The number of allylic oxidation sites excluding steroid dienone is 1. The van der Waals surface area contributed by atoms with E-state index in [1.54, 1.807) is 6.07 Å². The Bertz CT molecular complexity index is 485. The lowest BCUT2D eigenvalue weighted by Crippen LogP contribution is -2.08. The highest BCUT2D eigenvalue weighted by Gasteiger charge is 2.06. The Morgan fingerprint density at radius 2 is 2.28 bits per heavy atom. The van der Waals surface area contributed by atoms with Crippen molar-refractivity contribution >= 4 is 5.82 Å². The summed E-state index contributed by atoms with van der Waals surface area (Å²) in [6, 6.07) is 3.90. The molecule has 0 fully saturated rings. The smallest absolute Gasteiger partial charge is 0.166 e. The summed E-state index contributed by atoms with van der Waals surface area (Å²) in [4.78, 5) is 0. The van der Waals surface area contributed by atoms with Gasteiger partial charge < -0.3 is 5.32 Å². The fraction of sp³-hybridized carbons (Fsp3) is 0.500. The van der Waals surface area contributed by atoms with Gasteiger partial charge in [-0.15, -0.1) is 5.10 Å². The summed E-state index contributed by atoms with van der Waals surface area (Å²) in [5, 5.41) is 20.2. The van der Waals surface area contributed by atoms with Crippen LogP contribution in [0.15, 0.2) is 17.7 Å². The topological polar surface area (TPSA) is 61.6 Å². The molecular weight excluding hydrogens is 224 g/mol. The summed E-state index contributed by atoms with van der Waals surface area (Å²) in [5.74, 6) is 0.597. The van der Waals surface area contributed by atoms with Crippen LogP contribution in [-0.2, 0) is 0 Å². The average molecular weight is 242 g/mol. The Balaban J connectivity index is 1.90. The van der Waals surface area contributed by atoms with Crippen LogP contribution in [0.3, 0.4) is 0 Å². The second-order valence-electron chi connectivity index (χ2n) is 4.64. The number of aromatic nitrogens is 2. The molecule has 94 valence electrons. The first-order valence-electron chi connectivity index (χ1n) is 6.46. The molecule has 0 radical (unpaired) electrons. The van der Waals surface area contributed by atoms with E-state index in [4.69, 9.17) is 5.26 Å². The molecule has 1 N–H and O–H groups in total. The minimum atomic E-state index is 0.570. The third kappa shape index (κ3) is 3.30. The third-order valence-corrected chi connectivity index (χ3v) is 3.16. The van der Waals surface area contributed by atoms with Gasteiger partial charge in [-0.05, 0) is 45.1 Å². The van der Waals surface area contributed by atoms with E-state index in [0.717, 1.165) is 18.7 Å². The molecule has 0 bridgehead atoms. The SMILES string of the molecule is Cc1cc(C#N)c(NCCC2=CCCCC2)nn1. The van der Waals surface area contributed by atoms with E-state index >= 15 is 0 Å². The number of aryl methyl sites for hydroxylation is 1. The van der Waals surface area contributed by atoms with Gasteiger partial charge in [0.1, 0.15) is 6.07 Å². The van der Waals surface area contributed by atoms with Gasteiger partial charge in [0.15, 0.2) is 5.82 Å². The van der Waals surface area contributed by atoms with Crippen LogP contribution < -0.4 is 5.32 Å². The van der Waals surface area contributed by atoms with Crippen molar-refractivity contribution in [3.8, 4) is 6.07 Å². The quantitative estimate of drug-likeness (QED) is 0.824. The van der Waals surface area contributed by atoms with Gasteiger partial charge in [-0.25, -0.2) is 0 Å². The molecule has 1 aromatic heterocycles. The number of hydrogen-bond acceptors (Lipinski definition) is 4. The third-order valence-electron chi connectivity index (χ3n) is 3.16. The second-order valence-corrected chi connectivity index (χ2v) is 4.64. The molecule has 0 spiro atoms. The van der Waals surface area contributed by atoms with Gasteiger partial charge in [-0.2, -0.15) is 10.4 Å². The van der Waals surface area contributed by atoms with E-state index in [0.29, 0.717) is 11.4 Å². The van der Waals surface area contributed by atoms with Crippen LogP contribution in [-0.4, -0.2) is 16.7 Å². The number of nitriles is 1. The minimum Gasteiger partial charge on any atom is -0.367 e. The average Bonchev–Trinajstić information content (AvgIpc) is 2.41. The zero-order chi connectivity index (χ0) is 12.8. The molecule has 1 aliphatic carbocycles. The molecule has 0 unspecified atom stereocenters. The highest BCUT2D eigenvalue weighted by atomic mass is 15.2. The van der Waals surface area contributed by atoms with Crippen molar-refractivity contribution < 1.29 is 0 Å². The number of rotatable bonds is 4. The lowest BCUT2D eigenvalue weighted by atomic mass is 9.97. The maximum absolute atomic E-state index is 9.02. The summed E-state index contributed by atoms with van der Waals surface area (Å²) >= 11 is 0. The normalized spacial score (nSPS) is 14.8. The molecule has 0 atom stereocenters. The number of anilines is 1. The summed E-state index contributed by atoms with van der Waals surface area (Å²) in [6.45, 7) is 2.66. The van der Waals surface area contributed by atoms with Gasteiger partial charge in [0.05, 0.1) is 11.3 Å². The van der Waals surface area contributed by atoms with Gasteiger partial charge in [-0.1, -0.05) is 11.6 Å². The summed E-state index contributed by atoms with van der Waals surface area (Å²) < 4.78 is 0. The molecule has 0 aromatic carbocycles. The lowest BCUT2D eigenvalue weighted by Gasteiger charge is -2.13. The van der Waals surface area contributed by atoms with Crippen LogP contribution in [0, 0.1) is 18.3 Å². The molecule has 0 saturated heterocycles. The van der Waals surface area contributed by atoms with Crippen LogP contribution in [0.2, 0.25) is 0 Å². The Hall–Kier alpha value is -1.89. The predicted octanol–water partition coefficient (Wildman–Crippen LogP) is 2.96. The maximum Gasteiger partial charge on any atom is 0.166 e. The van der Waals surface area contributed by atoms with E-state index in [9.17, 15) is 0 Å². The van der Waals surface area contributed by atoms with Crippen molar-refractivity contribution in [2.45, 2.75) is 39.0 Å². The van der Waals surface area contributed by atoms with E-state index in [1.807, 2.05) is 6.92 Å².